The van der Waals surface area contributed by atoms with Crippen molar-refractivity contribution in [1.29, 1.82) is 0 Å². The van der Waals surface area contributed by atoms with Crippen molar-refractivity contribution in [2.45, 2.75) is 180 Å². The van der Waals surface area contributed by atoms with Crippen molar-refractivity contribution in [2.24, 2.45) is 0 Å². The minimum absolute atomic E-state index is 0.241. The molecule has 47 heavy (non-hydrogen) atoms. The zero-order valence-electron chi connectivity index (χ0n) is 30.1. The maximum absolute atomic E-state index is 12.5. The van der Waals surface area contributed by atoms with Crippen LogP contribution in [0.2, 0.25) is 0 Å². The molecule has 0 heterocycles. The first-order chi connectivity index (χ1) is 22.8. The number of aliphatic hydroxyl groups is 1. The quantitative estimate of drug-likeness (QED) is 0.0364. The molecule has 1 amide bonds. The van der Waals surface area contributed by atoms with Crippen molar-refractivity contribution >= 4 is 16.0 Å². The molecule has 0 aliphatic carbocycles. The van der Waals surface area contributed by atoms with Gasteiger partial charge in [0, 0.05) is 6.42 Å². The zero-order valence-corrected chi connectivity index (χ0v) is 30.9. The normalized spacial score (nSPS) is 14.0. The molecule has 0 aromatic heterocycles. The van der Waals surface area contributed by atoms with E-state index in [9.17, 15) is 22.9 Å². The molecule has 6 nitrogen and oxygen atoms in total. The predicted molar refractivity (Wildman–Crippen MR) is 202 cm³/mol. The Bertz CT molecular complexity index is 967. The Hall–Kier alpha value is -1.96. The van der Waals surface area contributed by atoms with Gasteiger partial charge in [-0.2, -0.15) is 8.42 Å². The van der Waals surface area contributed by atoms with Crippen molar-refractivity contribution in [1.82, 2.24) is 5.32 Å². The molecule has 0 aromatic carbocycles. The van der Waals surface area contributed by atoms with E-state index in [4.69, 9.17) is 0 Å². The molecular formula is C40H71NO5S. The summed E-state index contributed by atoms with van der Waals surface area (Å²) in [6.45, 7) is 4.39. The first kappa shape index (κ1) is 45.0. The molecule has 0 bridgehead atoms. The number of hydrogen-bond acceptors (Lipinski definition) is 4. The summed E-state index contributed by atoms with van der Waals surface area (Å²) in [6.07, 6.45) is 46.3. The zero-order chi connectivity index (χ0) is 34.7. The van der Waals surface area contributed by atoms with Gasteiger partial charge in [-0.1, -0.05) is 164 Å². The highest BCUT2D eigenvalue weighted by molar-refractivity contribution is 7.85. The van der Waals surface area contributed by atoms with Gasteiger partial charge < -0.3 is 10.4 Å². The number of amides is 1. The average molecular weight is 678 g/mol. The monoisotopic (exact) mass is 678 g/mol. The fourth-order valence-corrected chi connectivity index (χ4v) is 6.11. The Balaban J connectivity index is 4.05. The molecule has 0 rings (SSSR count). The summed E-state index contributed by atoms with van der Waals surface area (Å²) in [5, 5.41) is 13.2. The van der Waals surface area contributed by atoms with Crippen LogP contribution in [0.4, 0.5) is 0 Å². The number of rotatable bonds is 33. The number of allylic oxidation sites excluding steroid dienone is 9. The van der Waals surface area contributed by atoms with Gasteiger partial charge in [-0.15, -0.1) is 0 Å². The lowest BCUT2D eigenvalue weighted by atomic mass is 10.0. The summed E-state index contributed by atoms with van der Waals surface area (Å²) >= 11 is 0. The van der Waals surface area contributed by atoms with Gasteiger partial charge in [-0.3, -0.25) is 9.35 Å². The molecule has 0 radical (unpaired) electrons. The number of aliphatic hydroxyl groups excluding tert-OH is 1. The van der Waals surface area contributed by atoms with Crippen LogP contribution in [-0.2, 0) is 14.9 Å². The highest BCUT2D eigenvalue weighted by Crippen LogP contribution is 2.14. The lowest BCUT2D eigenvalue weighted by molar-refractivity contribution is -0.122. The summed E-state index contributed by atoms with van der Waals surface area (Å²) < 4.78 is 32.4. The molecule has 2 unspecified atom stereocenters. The Labute approximate surface area is 290 Å². The summed E-state index contributed by atoms with van der Waals surface area (Å²) in [5.41, 5.74) is 0. The topological polar surface area (TPSA) is 104 Å². The molecule has 0 saturated heterocycles. The van der Waals surface area contributed by atoms with Gasteiger partial charge in [-0.25, -0.2) is 0 Å². The molecule has 0 fully saturated rings. The second-order valence-corrected chi connectivity index (χ2v) is 14.3. The SMILES string of the molecule is CC/C=C\C/C=C\C/C=C\C/C=C\CCCCC(=O)NC(CS(=O)(=O)O)C(O)/C=C/CCCCCCCCCCCCCCCCC. The lowest BCUT2D eigenvalue weighted by Gasteiger charge is -2.21. The summed E-state index contributed by atoms with van der Waals surface area (Å²) in [6, 6.07) is -1.08. The number of hydrogen-bond donors (Lipinski definition) is 3. The fourth-order valence-electron chi connectivity index (χ4n) is 5.38. The standard InChI is InChI=1S/C40H71NO5S/c1-3-5-7-9-11-13-15-17-19-20-22-23-25-27-29-31-33-35-39(42)38(37-47(44,45)46)41-40(43)36-34-32-30-28-26-24-21-18-16-14-12-10-8-6-4-2/h6,8,12,14,18,21,26,28,33,35,38-39,42H,3-5,7,9-11,13,15-17,19-20,22-25,27,29-32,34,36-37H2,1-2H3,(H,41,43)(H,44,45,46)/b8-6-,14-12-,21-18-,28-26-,35-33+. The molecule has 2 atom stereocenters. The van der Waals surface area contributed by atoms with Gasteiger partial charge in [-0.05, 0) is 57.8 Å². The van der Waals surface area contributed by atoms with Crippen LogP contribution in [0.25, 0.3) is 0 Å². The second kappa shape index (κ2) is 33.9. The van der Waals surface area contributed by atoms with Gasteiger partial charge in [0.1, 0.15) is 0 Å². The molecular weight excluding hydrogens is 607 g/mol. The average Bonchev–Trinajstić information content (AvgIpc) is 3.03. The van der Waals surface area contributed by atoms with Gasteiger partial charge in [0.2, 0.25) is 5.91 Å². The van der Waals surface area contributed by atoms with Crippen molar-refractivity contribution in [3.8, 4) is 0 Å². The molecule has 0 spiro atoms. The van der Waals surface area contributed by atoms with Crippen molar-refractivity contribution in [2.75, 3.05) is 5.75 Å². The van der Waals surface area contributed by atoms with E-state index >= 15 is 0 Å². The highest BCUT2D eigenvalue weighted by Gasteiger charge is 2.24. The molecule has 3 N–H and O–H groups in total. The lowest BCUT2D eigenvalue weighted by Crippen LogP contribution is -2.46. The van der Waals surface area contributed by atoms with Gasteiger partial charge in [0.05, 0.1) is 17.9 Å². The van der Waals surface area contributed by atoms with E-state index in [1.54, 1.807) is 6.08 Å². The van der Waals surface area contributed by atoms with Crippen LogP contribution in [-0.4, -0.2) is 41.9 Å². The number of unbranched alkanes of at least 4 members (excludes halogenated alkanes) is 17. The van der Waals surface area contributed by atoms with Crippen LogP contribution in [0.15, 0.2) is 60.8 Å². The van der Waals surface area contributed by atoms with E-state index in [0.717, 1.165) is 57.8 Å². The van der Waals surface area contributed by atoms with E-state index in [-0.39, 0.29) is 12.3 Å². The van der Waals surface area contributed by atoms with E-state index in [1.807, 2.05) is 6.08 Å². The highest BCUT2D eigenvalue weighted by atomic mass is 32.2. The second-order valence-electron chi connectivity index (χ2n) is 12.8. The van der Waals surface area contributed by atoms with Crippen LogP contribution < -0.4 is 5.32 Å². The van der Waals surface area contributed by atoms with E-state index in [0.29, 0.717) is 6.42 Å². The minimum atomic E-state index is -4.36. The van der Waals surface area contributed by atoms with Crippen LogP contribution in [0.3, 0.4) is 0 Å². The van der Waals surface area contributed by atoms with E-state index < -0.39 is 28.0 Å². The van der Waals surface area contributed by atoms with Crippen LogP contribution >= 0.6 is 0 Å². The molecule has 7 heteroatoms. The van der Waals surface area contributed by atoms with Crippen molar-refractivity contribution in [3.63, 3.8) is 0 Å². The number of carbonyl (C=O) groups excluding carboxylic acids is 1. The maximum atomic E-state index is 12.5. The Morgan fingerprint density at radius 3 is 1.51 bits per heavy atom. The molecule has 0 saturated carbocycles. The summed E-state index contributed by atoms with van der Waals surface area (Å²) in [4.78, 5) is 12.5. The van der Waals surface area contributed by atoms with Crippen LogP contribution in [0, 0.1) is 0 Å². The molecule has 0 aromatic rings. The Morgan fingerprint density at radius 2 is 1.02 bits per heavy atom. The van der Waals surface area contributed by atoms with Gasteiger partial charge in [0.25, 0.3) is 10.1 Å². The third kappa shape index (κ3) is 35.2. The van der Waals surface area contributed by atoms with Crippen molar-refractivity contribution < 1.29 is 22.9 Å². The number of nitrogens with one attached hydrogen (secondary N) is 1. The third-order valence-electron chi connectivity index (χ3n) is 8.20. The fraction of sp³-hybridized carbons (Fsp3) is 0.725. The predicted octanol–water partition coefficient (Wildman–Crippen LogP) is 10.9. The summed E-state index contributed by atoms with van der Waals surface area (Å²) in [5.74, 6) is -1.04. The molecule has 272 valence electrons. The van der Waals surface area contributed by atoms with Crippen LogP contribution in [0.1, 0.15) is 168 Å². The molecule has 0 aliphatic heterocycles. The number of carbonyl (C=O) groups is 1. The summed E-state index contributed by atoms with van der Waals surface area (Å²) in [7, 11) is -4.36. The van der Waals surface area contributed by atoms with Crippen molar-refractivity contribution in [3.05, 3.63) is 60.8 Å². The van der Waals surface area contributed by atoms with Crippen LogP contribution in [0.5, 0.6) is 0 Å². The van der Waals surface area contributed by atoms with Gasteiger partial charge >= 0.3 is 0 Å². The smallest absolute Gasteiger partial charge is 0.267 e. The van der Waals surface area contributed by atoms with E-state index in [1.165, 1.54) is 83.5 Å². The Morgan fingerprint density at radius 1 is 0.596 bits per heavy atom. The first-order valence-electron chi connectivity index (χ1n) is 19.0. The van der Waals surface area contributed by atoms with E-state index in [2.05, 4.69) is 67.8 Å². The minimum Gasteiger partial charge on any atom is -0.387 e. The third-order valence-corrected chi connectivity index (χ3v) is 8.98. The Kier molecular flexibility index (Phi) is 32.5. The largest absolute Gasteiger partial charge is 0.387 e. The first-order valence-corrected chi connectivity index (χ1v) is 20.6. The molecule has 0 aliphatic rings. The van der Waals surface area contributed by atoms with Gasteiger partial charge in [0.15, 0.2) is 0 Å². The maximum Gasteiger partial charge on any atom is 0.267 e.